The smallest absolute Gasteiger partial charge is 0.318 e. The van der Waals surface area contributed by atoms with Gasteiger partial charge in [-0.15, -0.1) is 0 Å². The van der Waals surface area contributed by atoms with E-state index in [0.29, 0.717) is 13.2 Å². The minimum Gasteiger partial charge on any atom is -0.480 e. The monoisotopic (exact) mass is 398 g/mol. The Morgan fingerprint density at radius 1 is 1.30 bits per heavy atom. The maximum absolute atomic E-state index is 11.8. The number of nitrogens with zero attached hydrogens (tertiary/aromatic N) is 2. The van der Waals surface area contributed by atoms with Crippen molar-refractivity contribution in [2.75, 3.05) is 39.0 Å². The Bertz CT molecular complexity index is 740. The summed E-state index contributed by atoms with van der Waals surface area (Å²) < 4.78 is 30.3. The van der Waals surface area contributed by atoms with Crippen LogP contribution in [0.4, 0.5) is 0 Å². The van der Waals surface area contributed by atoms with Gasteiger partial charge in [-0.3, -0.25) is 9.69 Å². The normalized spacial score (nSPS) is 19.4. The molecule has 0 spiro atoms. The second kappa shape index (κ2) is 8.68. The third-order valence-electron chi connectivity index (χ3n) is 4.64. The average Bonchev–Trinajstić information content (AvgIpc) is 2.53. The molecular formula is C19H30N2O5S. The predicted molar refractivity (Wildman–Crippen MR) is 104 cm³/mol. The van der Waals surface area contributed by atoms with Crippen molar-refractivity contribution in [3.05, 3.63) is 35.4 Å². The molecule has 1 N–H and O–H groups in total. The highest BCUT2D eigenvalue weighted by Gasteiger charge is 2.28. The minimum absolute atomic E-state index is 0.0462. The summed E-state index contributed by atoms with van der Waals surface area (Å²) in [6.45, 7) is 8.61. The number of sulfonamides is 1. The Labute approximate surface area is 162 Å². The van der Waals surface area contributed by atoms with Crippen molar-refractivity contribution in [2.45, 2.75) is 38.8 Å². The molecule has 1 aromatic carbocycles. The van der Waals surface area contributed by atoms with E-state index in [2.05, 4.69) is 49.9 Å². The van der Waals surface area contributed by atoms with Gasteiger partial charge in [-0.25, -0.2) is 8.42 Å². The van der Waals surface area contributed by atoms with E-state index >= 15 is 0 Å². The molecule has 1 aliphatic rings. The molecule has 1 heterocycles. The van der Waals surface area contributed by atoms with Gasteiger partial charge in [0.1, 0.15) is 6.54 Å². The number of carboxylic acids is 1. The van der Waals surface area contributed by atoms with Crippen molar-refractivity contribution in [1.82, 2.24) is 9.21 Å². The van der Waals surface area contributed by atoms with Gasteiger partial charge < -0.3 is 9.84 Å². The van der Waals surface area contributed by atoms with Crippen molar-refractivity contribution in [1.29, 1.82) is 0 Å². The summed E-state index contributed by atoms with van der Waals surface area (Å²) in [6.07, 6.45) is 0.675. The van der Waals surface area contributed by atoms with Gasteiger partial charge in [0.25, 0.3) is 0 Å². The standard InChI is InChI=1S/C19H30N2O5S/c1-19(2,3)16-7-5-15(6-8-16)11-20-9-10-26-17(12-20)13-21(14-18(22)23)27(4,24)25/h5-8,17H,9-14H2,1-4H3,(H,22,23). The molecule has 1 atom stereocenters. The number of hydrogen-bond donors (Lipinski definition) is 1. The third kappa shape index (κ3) is 6.88. The minimum atomic E-state index is -3.60. The van der Waals surface area contributed by atoms with E-state index in [9.17, 15) is 13.2 Å². The Hall–Kier alpha value is -1.48. The molecule has 7 nitrogen and oxygen atoms in total. The van der Waals surface area contributed by atoms with Crippen molar-refractivity contribution >= 4 is 16.0 Å². The molecule has 1 fully saturated rings. The number of rotatable bonds is 7. The second-order valence-corrected chi connectivity index (χ2v) is 10.1. The Morgan fingerprint density at radius 3 is 2.44 bits per heavy atom. The summed E-state index contributed by atoms with van der Waals surface area (Å²) in [4.78, 5) is 13.2. The Kier molecular flexibility index (Phi) is 7.02. The SMILES string of the molecule is CC(C)(C)c1ccc(CN2CCOC(CN(CC(=O)O)S(C)(=O)=O)C2)cc1. The third-order valence-corrected chi connectivity index (χ3v) is 5.85. The molecule has 0 amide bonds. The number of hydrogen-bond acceptors (Lipinski definition) is 5. The van der Waals surface area contributed by atoms with Gasteiger partial charge in [0.2, 0.25) is 10.0 Å². The summed E-state index contributed by atoms with van der Waals surface area (Å²) in [7, 11) is -3.60. The van der Waals surface area contributed by atoms with Gasteiger partial charge >= 0.3 is 5.97 Å². The van der Waals surface area contributed by atoms with Crippen LogP contribution in [0.2, 0.25) is 0 Å². The number of carbonyl (C=O) groups is 1. The molecule has 1 unspecified atom stereocenters. The van der Waals surface area contributed by atoms with E-state index < -0.39 is 22.5 Å². The first-order chi connectivity index (χ1) is 12.4. The van der Waals surface area contributed by atoms with Gasteiger partial charge in [0.05, 0.1) is 19.0 Å². The largest absolute Gasteiger partial charge is 0.480 e. The fraction of sp³-hybridized carbons (Fsp3) is 0.632. The molecule has 152 valence electrons. The van der Waals surface area contributed by atoms with Crippen LogP contribution in [-0.4, -0.2) is 73.8 Å². The zero-order chi connectivity index (χ0) is 20.2. The van der Waals surface area contributed by atoms with Crippen molar-refractivity contribution in [3.63, 3.8) is 0 Å². The molecule has 2 rings (SSSR count). The van der Waals surface area contributed by atoms with Gasteiger partial charge in [0, 0.05) is 26.2 Å². The molecule has 0 saturated carbocycles. The zero-order valence-corrected chi connectivity index (χ0v) is 17.3. The van der Waals surface area contributed by atoms with Gasteiger partial charge in [0.15, 0.2) is 0 Å². The summed E-state index contributed by atoms with van der Waals surface area (Å²) in [5.74, 6) is -1.17. The van der Waals surface area contributed by atoms with Crippen LogP contribution in [-0.2, 0) is 31.5 Å². The number of morpholine rings is 1. The predicted octanol–water partition coefficient (Wildman–Crippen LogP) is 1.53. The fourth-order valence-corrected chi connectivity index (χ4v) is 3.88. The molecular weight excluding hydrogens is 368 g/mol. The molecule has 0 aliphatic carbocycles. The molecule has 0 radical (unpaired) electrons. The van der Waals surface area contributed by atoms with Crippen LogP contribution in [0.1, 0.15) is 31.9 Å². The number of benzene rings is 1. The Morgan fingerprint density at radius 2 is 1.93 bits per heavy atom. The van der Waals surface area contributed by atoms with Crippen LogP contribution in [0.25, 0.3) is 0 Å². The first-order valence-electron chi connectivity index (χ1n) is 9.05. The highest BCUT2D eigenvalue weighted by molar-refractivity contribution is 7.88. The first kappa shape index (κ1) is 21.8. The highest BCUT2D eigenvalue weighted by atomic mass is 32.2. The molecule has 1 aromatic rings. The van der Waals surface area contributed by atoms with Gasteiger partial charge in [-0.2, -0.15) is 4.31 Å². The van der Waals surface area contributed by atoms with Crippen LogP contribution < -0.4 is 0 Å². The molecule has 0 bridgehead atoms. The number of carboxylic acid groups (broad SMARTS) is 1. The molecule has 1 aliphatic heterocycles. The number of aliphatic carboxylic acids is 1. The summed E-state index contributed by atoms with van der Waals surface area (Å²) in [5, 5.41) is 8.95. The van der Waals surface area contributed by atoms with Crippen LogP contribution in [0.15, 0.2) is 24.3 Å². The molecule has 27 heavy (non-hydrogen) atoms. The summed E-state index contributed by atoms with van der Waals surface area (Å²) >= 11 is 0. The number of ether oxygens (including phenoxy) is 1. The molecule has 0 aromatic heterocycles. The van der Waals surface area contributed by atoms with Crippen LogP contribution >= 0.6 is 0 Å². The maximum Gasteiger partial charge on any atom is 0.318 e. The lowest BCUT2D eigenvalue weighted by atomic mass is 9.87. The molecule has 8 heteroatoms. The lowest BCUT2D eigenvalue weighted by molar-refractivity contribution is -0.137. The van der Waals surface area contributed by atoms with E-state index in [-0.39, 0.29) is 18.1 Å². The second-order valence-electron chi connectivity index (χ2n) is 8.12. The fourth-order valence-electron chi connectivity index (χ4n) is 3.10. The van der Waals surface area contributed by atoms with Gasteiger partial charge in [-0.05, 0) is 16.5 Å². The highest BCUT2D eigenvalue weighted by Crippen LogP contribution is 2.23. The van der Waals surface area contributed by atoms with E-state index in [1.165, 1.54) is 11.1 Å². The maximum atomic E-state index is 11.8. The average molecular weight is 399 g/mol. The van der Waals surface area contributed by atoms with Crippen molar-refractivity contribution in [2.24, 2.45) is 0 Å². The summed E-state index contributed by atoms with van der Waals surface area (Å²) in [5.41, 5.74) is 2.58. The summed E-state index contributed by atoms with van der Waals surface area (Å²) in [6, 6.07) is 8.54. The Balaban J connectivity index is 1.98. The lowest BCUT2D eigenvalue weighted by Crippen LogP contribution is -2.49. The van der Waals surface area contributed by atoms with Crippen molar-refractivity contribution < 1.29 is 23.1 Å². The van der Waals surface area contributed by atoms with E-state index in [0.717, 1.165) is 23.7 Å². The zero-order valence-electron chi connectivity index (χ0n) is 16.5. The first-order valence-corrected chi connectivity index (χ1v) is 10.9. The van der Waals surface area contributed by atoms with Crippen LogP contribution in [0, 0.1) is 0 Å². The van der Waals surface area contributed by atoms with Crippen molar-refractivity contribution in [3.8, 4) is 0 Å². The lowest BCUT2D eigenvalue weighted by Gasteiger charge is -2.35. The molecule has 1 saturated heterocycles. The topological polar surface area (TPSA) is 87.2 Å². The van der Waals surface area contributed by atoms with Crippen LogP contribution in [0.5, 0.6) is 0 Å². The van der Waals surface area contributed by atoms with E-state index in [1.807, 2.05) is 0 Å². The van der Waals surface area contributed by atoms with E-state index in [4.69, 9.17) is 9.84 Å². The quantitative estimate of drug-likeness (QED) is 0.750. The van der Waals surface area contributed by atoms with Gasteiger partial charge in [-0.1, -0.05) is 45.0 Å². The van der Waals surface area contributed by atoms with E-state index in [1.54, 1.807) is 0 Å². The van der Waals surface area contributed by atoms with Crippen LogP contribution in [0.3, 0.4) is 0 Å².